The number of carbonyl (C=O) groups excluding carboxylic acids is 2. The number of halogens is 1. The lowest BCUT2D eigenvalue weighted by atomic mass is 9.89. The molecule has 1 aromatic rings. The van der Waals surface area contributed by atoms with E-state index in [0.717, 1.165) is 0 Å². The minimum absolute atomic E-state index is 0.0131. The Morgan fingerprint density at radius 1 is 1.25 bits per heavy atom. The third-order valence-electron chi connectivity index (χ3n) is 6.29. The lowest BCUT2D eigenvalue weighted by Crippen LogP contribution is -2.39. The highest BCUT2D eigenvalue weighted by atomic mass is 35.5. The molecule has 6 atom stereocenters. The molecule has 12 nitrogen and oxygen atoms in total. The molecular weight excluding hydrogens is 548 g/mol. The van der Waals surface area contributed by atoms with E-state index in [2.05, 4.69) is 10.2 Å². The minimum Gasteiger partial charge on any atom is -0.491 e. The lowest BCUT2D eigenvalue weighted by molar-refractivity contribution is -0.757. The van der Waals surface area contributed by atoms with Crippen LogP contribution in [0.4, 0.5) is 0 Å². The Morgan fingerprint density at radius 2 is 2.02 bits per heavy atom. The van der Waals surface area contributed by atoms with Crippen molar-refractivity contribution < 1.29 is 44.3 Å². The van der Waals surface area contributed by atoms with Crippen molar-refractivity contribution in [1.29, 1.82) is 0 Å². The zero-order chi connectivity index (χ0) is 29.5. The number of ether oxygens (including phenoxy) is 2. The molecule has 40 heavy (non-hydrogen) atoms. The van der Waals surface area contributed by atoms with E-state index in [9.17, 15) is 35.0 Å². The van der Waals surface area contributed by atoms with Gasteiger partial charge in [0, 0.05) is 23.8 Å². The maximum Gasteiger partial charge on any atom is 0.328 e. The molecule has 1 amide bonds. The number of benzene rings is 1. The number of aliphatic hydroxyl groups is 3. The summed E-state index contributed by atoms with van der Waals surface area (Å²) < 4.78 is 10.3. The van der Waals surface area contributed by atoms with Crippen LogP contribution in [-0.4, -0.2) is 76.5 Å². The monoisotopic (exact) mass is 584 g/mol. The van der Waals surface area contributed by atoms with Gasteiger partial charge in [0.05, 0.1) is 12.2 Å². The fourth-order valence-corrected chi connectivity index (χ4v) is 4.44. The number of hydrogen-bond donors (Lipinski definition) is 4. The largest absolute Gasteiger partial charge is 0.491 e. The molecule has 1 aromatic carbocycles. The van der Waals surface area contributed by atoms with Crippen LogP contribution in [0.1, 0.15) is 39.0 Å². The van der Waals surface area contributed by atoms with Crippen molar-refractivity contribution in [1.82, 2.24) is 5.32 Å². The second kappa shape index (κ2) is 17.5. The Hall–Kier alpha value is -3.19. The van der Waals surface area contributed by atoms with Crippen molar-refractivity contribution in [3.63, 3.8) is 0 Å². The van der Waals surface area contributed by atoms with Crippen LogP contribution in [0.2, 0.25) is 5.02 Å². The van der Waals surface area contributed by atoms with Crippen LogP contribution >= 0.6 is 11.6 Å². The van der Waals surface area contributed by atoms with Gasteiger partial charge in [0.2, 0.25) is 5.91 Å². The summed E-state index contributed by atoms with van der Waals surface area (Å²) in [7, 11) is 0. The summed E-state index contributed by atoms with van der Waals surface area (Å²) in [4.78, 5) is 37.9. The Morgan fingerprint density at radius 3 is 2.75 bits per heavy atom. The molecule has 222 valence electrons. The Bertz CT molecular complexity index is 1020. The first-order chi connectivity index (χ1) is 19.1. The molecule has 1 aliphatic carbocycles. The van der Waals surface area contributed by atoms with E-state index in [1.54, 1.807) is 36.4 Å². The van der Waals surface area contributed by atoms with Gasteiger partial charge in [-0.25, -0.2) is 4.79 Å². The summed E-state index contributed by atoms with van der Waals surface area (Å²) in [5.74, 6) is -1.08. The van der Waals surface area contributed by atoms with Crippen molar-refractivity contribution in [2.45, 2.75) is 63.4 Å². The van der Waals surface area contributed by atoms with Gasteiger partial charge in [-0.2, -0.15) is 0 Å². The van der Waals surface area contributed by atoms with Gasteiger partial charge < -0.3 is 34.9 Å². The number of carbonyl (C=O) groups is 2. The molecule has 0 radical (unpaired) electrons. The van der Waals surface area contributed by atoms with E-state index in [1.165, 1.54) is 6.92 Å². The van der Waals surface area contributed by atoms with Crippen LogP contribution in [0, 0.1) is 22.0 Å². The molecule has 13 heteroatoms. The highest BCUT2D eigenvalue weighted by molar-refractivity contribution is 6.30. The molecule has 0 aliphatic heterocycles. The van der Waals surface area contributed by atoms with Gasteiger partial charge >= 0.3 is 5.97 Å². The van der Waals surface area contributed by atoms with Gasteiger partial charge in [0.25, 0.3) is 5.09 Å². The van der Waals surface area contributed by atoms with Crippen molar-refractivity contribution in [2.24, 2.45) is 11.8 Å². The van der Waals surface area contributed by atoms with Crippen LogP contribution in [0.15, 0.2) is 48.6 Å². The van der Waals surface area contributed by atoms with Gasteiger partial charge in [-0.05, 0) is 50.3 Å². The standard InChI is InChI=1S/C27H37ClN2O10/c1-18(27(35)38-13-14-40-30(36)37)29-26(34)10-5-3-2-4-9-22-23(25(33)16-24(22)32)12-11-20(31)17-39-21-8-6-7-19(28)15-21/h2,4,6-8,11-12,15,18,20,22-25,31-33H,3,5,9-10,13-14,16-17H2,1H3,(H,29,34)/t18?,20-,22-,23-,24+,25-/m1/s1. The number of esters is 1. The third kappa shape index (κ3) is 12.3. The number of nitrogens with zero attached hydrogens (tertiary/aromatic N) is 1. The molecule has 0 heterocycles. The van der Waals surface area contributed by atoms with E-state index in [-0.39, 0.29) is 50.4 Å². The number of aliphatic hydroxyl groups excluding tert-OH is 3. The van der Waals surface area contributed by atoms with E-state index < -0.39 is 35.4 Å². The summed E-state index contributed by atoms with van der Waals surface area (Å²) in [6, 6.07) is 5.93. The molecule has 0 saturated heterocycles. The predicted octanol–water partition coefficient (Wildman–Crippen LogP) is 2.37. The molecule has 1 saturated carbocycles. The number of nitrogens with one attached hydrogen (secondary N) is 1. The summed E-state index contributed by atoms with van der Waals surface area (Å²) in [5.41, 5.74) is 0. The summed E-state index contributed by atoms with van der Waals surface area (Å²) in [6.07, 6.45) is 6.80. The lowest BCUT2D eigenvalue weighted by Gasteiger charge is -2.19. The third-order valence-corrected chi connectivity index (χ3v) is 6.53. The molecule has 1 aliphatic rings. The van der Waals surface area contributed by atoms with Crippen molar-refractivity contribution in [2.75, 3.05) is 19.8 Å². The van der Waals surface area contributed by atoms with Gasteiger partial charge in [-0.1, -0.05) is 42.0 Å². The SMILES string of the molecule is CC(NC(=O)CCCC=CC[C@@H]1[C@@H](C=C[C@@H](O)COc2cccc(Cl)c2)[C@H](O)C[C@@H]1O)C(=O)OCCO[N+](=O)[O-]. The Kier molecular flexibility index (Phi) is 14.4. The normalized spacial score (nSPS) is 22.2. The number of unbranched alkanes of at least 4 members (excludes halogenated alkanes) is 1. The van der Waals surface area contributed by atoms with Crippen molar-refractivity contribution in [3.05, 3.63) is 63.7 Å². The Balaban J connectivity index is 1.69. The molecule has 0 aromatic heterocycles. The number of allylic oxidation sites excluding steroid dienone is 2. The molecule has 0 bridgehead atoms. The fraction of sp³-hybridized carbons (Fsp3) is 0.556. The first-order valence-corrected chi connectivity index (χ1v) is 13.4. The van der Waals surface area contributed by atoms with E-state index in [1.807, 2.05) is 12.2 Å². The maximum absolute atomic E-state index is 12.0. The van der Waals surface area contributed by atoms with Crippen LogP contribution < -0.4 is 10.1 Å². The average Bonchev–Trinajstić information content (AvgIpc) is 3.17. The fourth-order valence-electron chi connectivity index (χ4n) is 4.26. The first-order valence-electron chi connectivity index (χ1n) is 13.1. The minimum atomic E-state index is -0.990. The molecule has 1 unspecified atom stereocenters. The van der Waals surface area contributed by atoms with Crippen molar-refractivity contribution in [3.8, 4) is 5.75 Å². The van der Waals surface area contributed by atoms with Gasteiger partial charge in [0.15, 0.2) is 0 Å². The Labute approximate surface area is 237 Å². The summed E-state index contributed by atoms with van der Waals surface area (Å²) in [6.45, 7) is 0.778. The van der Waals surface area contributed by atoms with E-state index in [4.69, 9.17) is 21.1 Å². The zero-order valence-electron chi connectivity index (χ0n) is 22.3. The average molecular weight is 585 g/mol. The number of rotatable bonds is 17. The summed E-state index contributed by atoms with van der Waals surface area (Å²) in [5, 5.41) is 43.2. The van der Waals surface area contributed by atoms with E-state index >= 15 is 0 Å². The molecule has 2 rings (SSSR count). The van der Waals surface area contributed by atoms with Crippen molar-refractivity contribution >= 4 is 23.5 Å². The van der Waals surface area contributed by atoms with Crippen LogP contribution in [0.25, 0.3) is 0 Å². The van der Waals surface area contributed by atoms with E-state index in [0.29, 0.717) is 30.0 Å². The first kappa shape index (κ1) is 33.0. The quantitative estimate of drug-likeness (QED) is 0.0698. The number of hydrogen-bond acceptors (Lipinski definition) is 10. The number of amides is 1. The van der Waals surface area contributed by atoms with Crippen LogP contribution in [-0.2, 0) is 19.2 Å². The van der Waals surface area contributed by atoms with Crippen LogP contribution in [0.3, 0.4) is 0 Å². The van der Waals surface area contributed by atoms with Gasteiger partial charge in [0.1, 0.15) is 37.7 Å². The molecule has 0 spiro atoms. The van der Waals surface area contributed by atoms with Gasteiger partial charge in [-0.15, -0.1) is 10.1 Å². The molecular formula is C27H37ClN2O10. The zero-order valence-corrected chi connectivity index (χ0v) is 23.0. The summed E-state index contributed by atoms with van der Waals surface area (Å²) >= 11 is 5.92. The maximum atomic E-state index is 12.0. The van der Waals surface area contributed by atoms with Gasteiger partial charge in [-0.3, -0.25) is 4.79 Å². The topological polar surface area (TPSA) is 178 Å². The highest BCUT2D eigenvalue weighted by Crippen LogP contribution is 2.36. The second-order valence-corrected chi connectivity index (χ2v) is 9.88. The van der Waals surface area contributed by atoms with Crippen LogP contribution in [0.5, 0.6) is 5.75 Å². The second-order valence-electron chi connectivity index (χ2n) is 9.45. The highest BCUT2D eigenvalue weighted by Gasteiger charge is 2.39. The smallest absolute Gasteiger partial charge is 0.328 e. The molecule has 1 fully saturated rings. The molecule has 4 N–H and O–H groups in total. The predicted molar refractivity (Wildman–Crippen MR) is 145 cm³/mol.